The third kappa shape index (κ3) is 1.48. The van der Waals surface area contributed by atoms with Crippen LogP contribution in [0.3, 0.4) is 0 Å². The fourth-order valence-electron chi connectivity index (χ4n) is 1.71. The number of nitrogens with zero attached hydrogens (tertiary/aromatic N) is 1. The molecule has 0 aliphatic rings. The van der Waals surface area contributed by atoms with Gasteiger partial charge in [0, 0.05) is 16.8 Å². The van der Waals surface area contributed by atoms with Crippen molar-refractivity contribution in [3.63, 3.8) is 0 Å². The monoisotopic (exact) mass is 205 g/mol. The predicted molar refractivity (Wildman–Crippen MR) is 60.9 cm³/mol. The van der Waals surface area contributed by atoms with Gasteiger partial charge in [-0.05, 0) is 30.9 Å². The van der Waals surface area contributed by atoms with E-state index in [1.807, 2.05) is 19.1 Å². The van der Waals surface area contributed by atoms with Gasteiger partial charge < -0.3 is 0 Å². The van der Waals surface area contributed by atoms with Gasteiger partial charge in [0.2, 0.25) is 0 Å². The van der Waals surface area contributed by atoms with Gasteiger partial charge in [-0.25, -0.2) is 0 Å². The average molecular weight is 206 g/mol. The Kier molecular flexibility index (Phi) is 2.42. The van der Waals surface area contributed by atoms with E-state index in [0.717, 1.165) is 28.2 Å². The SMILES string of the molecule is CCc1cc2cccc(Cl)c2c(C)n1. The highest BCUT2D eigenvalue weighted by atomic mass is 35.5. The van der Waals surface area contributed by atoms with Crippen LogP contribution in [0, 0.1) is 6.92 Å². The van der Waals surface area contributed by atoms with Crippen LogP contribution >= 0.6 is 11.6 Å². The molecule has 0 aliphatic carbocycles. The second kappa shape index (κ2) is 3.58. The Labute approximate surface area is 88.7 Å². The first-order valence-corrected chi connectivity index (χ1v) is 5.15. The molecule has 2 heteroatoms. The van der Waals surface area contributed by atoms with Crippen molar-refractivity contribution >= 4 is 22.4 Å². The average Bonchev–Trinajstić information content (AvgIpc) is 2.17. The summed E-state index contributed by atoms with van der Waals surface area (Å²) in [4.78, 5) is 4.50. The lowest BCUT2D eigenvalue weighted by Crippen LogP contribution is -1.92. The Hall–Kier alpha value is -1.08. The fraction of sp³-hybridized carbons (Fsp3) is 0.250. The Bertz CT molecular complexity index is 477. The van der Waals surface area contributed by atoms with Crippen LogP contribution in [0.2, 0.25) is 5.02 Å². The van der Waals surface area contributed by atoms with Crippen molar-refractivity contribution in [3.05, 3.63) is 40.7 Å². The Morgan fingerprint density at radius 1 is 1.36 bits per heavy atom. The molecule has 2 rings (SSSR count). The van der Waals surface area contributed by atoms with E-state index in [-0.39, 0.29) is 0 Å². The molecule has 0 amide bonds. The van der Waals surface area contributed by atoms with Crippen LogP contribution in [0.15, 0.2) is 24.3 Å². The Balaban J connectivity index is 2.83. The van der Waals surface area contributed by atoms with E-state index >= 15 is 0 Å². The molecule has 0 saturated carbocycles. The summed E-state index contributed by atoms with van der Waals surface area (Å²) in [5.74, 6) is 0. The molecule has 0 unspecified atom stereocenters. The second-order valence-electron chi connectivity index (χ2n) is 3.39. The maximum atomic E-state index is 6.12. The lowest BCUT2D eigenvalue weighted by Gasteiger charge is -2.06. The minimum atomic E-state index is 0.787. The Morgan fingerprint density at radius 2 is 2.14 bits per heavy atom. The van der Waals surface area contributed by atoms with Gasteiger partial charge in [-0.15, -0.1) is 0 Å². The van der Waals surface area contributed by atoms with Gasteiger partial charge in [-0.2, -0.15) is 0 Å². The van der Waals surface area contributed by atoms with E-state index in [1.165, 1.54) is 5.39 Å². The molecule has 0 spiro atoms. The van der Waals surface area contributed by atoms with Crippen molar-refractivity contribution < 1.29 is 0 Å². The number of fused-ring (bicyclic) bond motifs is 1. The van der Waals surface area contributed by atoms with Gasteiger partial charge in [0.05, 0.1) is 5.02 Å². The Morgan fingerprint density at radius 3 is 2.86 bits per heavy atom. The highest BCUT2D eigenvalue weighted by Crippen LogP contribution is 2.26. The van der Waals surface area contributed by atoms with Crippen molar-refractivity contribution in [2.75, 3.05) is 0 Å². The number of pyridine rings is 1. The van der Waals surface area contributed by atoms with Crippen molar-refractivity contribution in [2.45, 2.75) is 20.3 Å². The zero-order valence-corrected chi connectivity index (χ0v) is 9.10. The highest BCUT2D eigenvalue weighted by Gasteiger charge is 2.04. The predicted octanol–water partition coefficient (Wildman–Crippen LogP) is 3.76. The second-order valence-corrected chi connectivity index (χ2v) is 3.80. The third-order valence-corrected chi connectivity index (χ3v) is 2.72. The number of hydrogen-bond acceptors (Lipinski definition) is 1. The van der Waals surface area contributed by atoms with E-state index in [2.05, 4.69) is 24.0 Å². The minimum Gasteiger partial charge on any atom is -0.257 e. The summed E-state index contributed by atoms with van der Waals surface area (Å²) in [7, 11) is 0. The summed E-state index contributed by atoms with van der Waals surface area (Å²) < 4.78 is 0. The van der Waals surface area contributed by atoms with E-state index in [0.29, 0.717) is 0 Å². The van der Waals surface area contributed by atoms with Crippen molar-refractivity contribution in [3.8, 4) is 0 Å². The number of aromatic nitrogens is 1. The quantitative estimate of drug-likeness (QED) is 0.691. The summed E-state index contributed by atoms with van der Waals surface area (Å²) in [6, 6.07) is 8.07. The summed E-state index contributed by atoms with van der Waals surface area (Å²) in [5, 5.41) is 3.04. The molecule has 0 saturated heterocycles. The van der Waals surface area contributed by atoms with Crippen LogP contribution in [0.4, 0.5) is 0 Å². The summed E-state index contributed by atoms with van der Waals surface area (Å²) >= 11 is 6.12. The standard InChI is InChI=1S/C12H12ClN/c1-3-10-7-9-5-4-6-11(13)12(9)8(2)14-10/h4-7H,3H2,1-2H3. The van der Waals surface area contributed by atoms with Crippen LogP contribution in [0.25, 0.3) is 10.8 Å². The zero-order chi connectivity index (χ0) is 10.1. The maximum absolute atomic E-state index is 6.12. The molecular formula is C12H12ClN. The molecule has 0 radical (unpaired) electrons. The van der Waals surface area contributed by atoms with Gasteiger partial charge >= 0.3 is 0 Å². The molecular weight excluding hydrogens is 194 g/mol. The molecule has 72 valence electrons. The largest absolute Gasteiger partial charge is 0.257 e. The molecule has 2 aromatic rings. The van der Waals surface area contributed by atoms with Crippen LogP contribution in [0.5, 0.6) is 0 Å². The smallest absolute Gasteiger partial charge is 0.0502 e. The van der Waals surface area contributed by atoms with E-state index < -0.39 is 0 Å². The molecule has 0 aliphatic heterocycles. The van der Waals surface area contributed by atoms with Gasteiger partial charge in [-0.1, -0.05) is 30.7 Å². The molecule has 1 heterocycles. The van der Waals surface area contributed by atoms with E-state index in [9.17, 15) is 0 Å². The highest BCUT2D eigenvalue weighted by molar-refractivity contribution is 6.35. The number of halogens is 1. The number of rotatable bonds is 1. The first-order valence-electron chi connectivity index (χ1n) is 4.77. The summed E-state index contributed by atoms with van der Waals surface area (Å²) in [5.41, 5.74) is 2.14. The van der Waals surface area contributed by atoms with Crippen molar-refractivity contribution in [1.29, 1.82) is 0 Å². The topological polar surface area (TPSA) is 12.9 Å². The number of hydrogen-bond donors (Lipinski definition) is 0. The molecule has 0 fully saturated rings. The first-order chi connectivity index (χ1) is 6.72. The number of benzene rings is 1. The van der Waals surface area contributed by atoms with Crippen LogP contribution in [0.1, 0.15) is 18.3 Å². The van der Waals surface area contributed by atoms with Crippen molar-refractivity contribution in [2.24, 2.45) is 0 Å². The fourth-order valence-corrected chi connectivity index (χ4v) is 2.03. The van der Waals surface area contributed by atoms with E-state index in [1.54, 1.807) is 0 Å². The summed E-state index contributed by atoms with van der Waals surface area (Å²) in [6.45, 7) is 4.12. The lowest BCUT2D eigenvalue weighted by atomic mass is 10.1. The van der Waals surface area contributed by atoms with Crippen LogP contribution in [-0.2, 0) is 6.42 Å². The van der Waals surface area contributed by atoms with Gasteiger partial charge in [-0.3, -0.25) is 4.98 Å². The minimum absolute atomic E-state index is 0.787. The molecule has 14 heavy (non-hydrogen) atoms. The molecule has 1 aromatic carbocycles. The lowest BCUT2D eigenvalue weighted by molar-refractivity contribution is 1.02. The molecule has 1 aromatic heterocycles. The first kappa shape index (κ1) is 9.47. The zero-order valence-electron chi connectivity index (χ0n) is 8.34. The van der Waals surface area contributed by atoms with Gasteiger partial charge in [0.1, 0.15) is 0 Å². The molecule has 0 atom stereocenters. The van der Waals surface area contributed by atoms with Crippen LogP contribution in [-0.4, -0.2) is 4.98 Å². The normalized spacial score (nSPS) is 10.8. The molecule has 1 nitrogen and oxygen atoms in total. The van der Waals surface area contributed by atoms with Crippen LogP contribution < -0.4 is 0 Å². The molecule has 0 N–H and O–H groups in total. The molecule has 0 bridgehead atoms. The number of aryl methyl sites for hydroxylation is 2. The maximum Gasteiger partial charge on any atom is 0.0502 e. The van der Waals surface area contributed by atoms with E-state index in [4.69, 9.17) is 11.6 Å². The third-order valence-electron chi connectivity index (χ3n) is 2.40. The van der Waals surface area contributed by atoms with Gasteiger partial charge in [0.25, 0.3) is 0 Å². The van der Waals surface area contributed by atoms with Gasteiger partial charge in [0.15, 0.2) is 0 Å². The summed E-state index contributed by atoms with van der Waals surface area (Å²) in [6.07, 6.45) is 0.962. The van der Waals surface area contributed by atoms with Crippen molar-refractivity contribution in [1.82, 2.24) is 4.98 Å².